The van der Waals surface area contributed by atoms with Crippen molar-refractivity contribution in [2.75, 3.05) is 45.1 Å². The lowest BCUT2D eigenvalue weighted by Crippen LogP contribution is -2.23. The van der Waals surface area contributed by atoms with Crippen LogP contribution in [0.2, 0.25) is 0 Å². The van der Waals surface area contributed by atoms with Gasteiger partial charge in [0.05, 0.1) is 6.54 Å². The summed E-state index contributed by atoms with van der Waals surface area (Å²) in [5.41, 5.74) is 2.24. The molecule has 16 heavy (non-hydrogen) atoms. The van der Waals surface area contributed by atoms with Crippen LogP contribution in [0.1, 0.15) is 0 Å². The fourth-order valence-electron chi connectivity index (χ4n) is 1.34. The number of anilines is 2. The summed E-state index contributed by atoms with van der Waals surface area (Å²) in [4.78, 5) is 2.07. The van der Waals surface area contributed by atoms with Gasteiger partial charge < -0.3 is 19.7 Å². The molecule has 0 bridgehead atoms. The van der Waals surface area contributed by atoms with Gasteiger partial charge in [-0.2, -0.15) is 0 Å². The van der Waals surface area contributed by atoms with Crippen LogP contribution in [-0.2, 0) is 9.47 Å². The van der Waals surface area contributed by atoms with Crippen LogP contribution in [0.3, 0.4) is 0 Å². The Hall–Kier alpha value is -1.26. The van der Waals surface area contributed by atoms with Gasteiger partial charge in [-0.05, 0) is 24.3 Å². The second kappa shape index (κ2) is 6.35. The normalized spacial score (nSPS) is 10.6. The van der Waals surface area contributed by atoms with E-state index < -0.39 is 0 Å². The molecule has 0 amide bonds. The predicted octanol–water partition coefficient (Wildman–Crippen LogP) is 1.78. The highest BCUT2D eigenvalue weighted by atomic mass is 16.7. The fourth-order valence-corrected chi connectivity index (χ4v) is 1.34. The number of ether oxygens (including phenoxy) is 2. The molecule has 1 N–H and O–H groups in total. The van der Waals surface area contributed by atoms with Crippen molar-refractivity contribution in [3.05, 3.63) is 24.3 Å². The molecule has 4 heteroatoms. The molecule has 0 aromatic heterocycles. The lowest BCUT2D eigenvalue weighted by atomic mass is 10.2. The highest BCUT2D eigenvalue weighted by molar-refractivity contribution is 5.54. The molecular weight excluding hydrogens is 204 g/mol. The molecule has 4 nitrogen and oxygen atoms in total. The van der Waals surface area contributed by atoms with Crippen LogP contribution in [-0.4, -0.2) is 41.1 Å². The Morgan fingerprint density at radius 3 is 2.12 bits per heavy atom. The van der Waals surface area contributed by atoms with Gasteiger partial charge in [0, 0.05) is 39.7 Å². The van der Waals surface area contributed by atoms with Gasteiger partial charge in [0.25, 0.3) is 0 Å². The van der Waals surface area contributed by atoms with Crippen molar-refractivity contribution in [2.45, 2.75) is 6.29 Å². The maximum Gasteiger partial charge on any atom is 0.173 e. The Bertz CT molecular complexity index is 294. The van der Waals surface area contributed by atoms with E-state index in [9.17, 15) is 0 Å². The number of nitrogens with one attached hydrogen (secondary N) is 1. The van der Waals surface area contributed by atoms with Crippen LogP contribution in [0.15, 0.2) is 24.3 Å². The molecule has 0 aliphatic carbocycles. The summed E-state index contributed by atoms with van der Waals surface area (Å²) >= 11 is 0. The van der Waals surface area contributed by atoms with E-state index in [1.54, 1.807) is 14.2 Å². The number of methoxy groups -OCH3 is 2. The van der Waals surface area contributed by atoms with E-state index in [1.807, 2.05) is 26.2 Å². The van der Waals surface area contributed by atoms with E-state index >= 15 is 0 Å². The smallest absolute Gasteiger partial charge is 0.173 e. The predicted molar refractivity (Wildman–Crippen MR) is 67.1 cm³/mol. The monoisotopic (exact) mass is 224 g/mol. The highest BCUT2D eigenvalue weighted by Crippen LogP contribution is 2.15. The van der Waals surface area contributed by atoms with Crippen molar-refractivity contribution in [1.82, 2.24) is 0 Å². The number of benzene rings is 1. The molecule has 0 radical (unpaired) electrons. The maximum atomic E-state index is 5.09. The van der Waals surface area contributed by atoms with Gasteiger partial charge in [-0.15, -0.1) is 0 Å². The molecule has 90 valence electrons. The van der Waals surface area contributed by atoms with Gasteiger partial charge in [-0.25, -0.2) is 0 Å². The van der Waals surface area contributed by atoms with E-state index in [-0.39, 0.29) is 6.29 Å². The summed E-state index contributed by atoms with van der Waals surface area (Å²) in [6.45, 7) is 0.633. The Labute approximate surface area is 97.2 Å². The van der Waals surface area contributed by atoms with Gasteiger partial charge in [0.2, 0.25) is 0 Å². The number of hydrogen-bond acceptors (Lipinski definition) is 4. The van der Waals surface area contributed by atoms with Crippen molar-refractivity contribution < 1.29 is 9.47 Å². The third-order valence-corrected chi connectivity index (χ3v) is 2.38. The number of nitrogens with zero attached hydrogens (tertiary/aromatic N) is 1. The van der Waals surface area contributed by atoms with Gasteiger partial charge in [-0.3, -0.25) is 0 Å². The third-order valence-electron chi connectivity index (χ3n) is 2.38. The molecule has 1 rings (SSSR count). The lowest BCUT2D eigenvalue weighted by molar-refractivity contribution is -0.0914. The zero-order valence-electron chi connectivity index (χ0n) is 10.4. The molecule has 0 fully saturated rings. The van der Waals surface area contributed by atoms with Crippen LogP contribution < -0.4 is 10.2 Å². The average molecular weight is 224 g/mol. The molecule has 0 aliphatic heterocycles. The van der Waals surface area contributed by atoms with Crippen molar-refractivity contribution in [1.29, 1.82) is 0 Å². The van der Waals surface area contributed by atoms with Crippen LogP contribution in [0, 0.1) is 0 Å². The first-order valence-corrected chi connectivity index (χ1v) is 5.24. The van der Waals surface area contributed by atoms with Crippen LogP contribution >= 0.6 is 0 Å². The molecule has 1 aromatic carbocycles. The molecule has 0 saturated heterocycles. The summed E-state index contributed by atoms with van der Waals surface area (Å²) in [5, 5.41) is 3.24. The van der Waals surface area contributed by atoms with Crippen LogP contribution in [0.25, 0.3) is 0 Å². The second-order valence-corrected chi connectivity index (χ2v) is 3.72. The quantitative estimate of drug-likeness (QED) is 0.747. The zero-order chi connectivity index (χ0) is 12.0. The largest absolute Gasteiger partial charge is 0.380 e. The SMILES string of the molecule is COC(CNc1ccc(N(C)C)cc1)OC. The van der Waals surface area contributed by atoms with Gasteiger partial charge in [0.15, 0.2) is 6.29 Å². The molecule has 1 aromatic rings. The standard InChI is InChI=1S/C12H20N2O2/c1-14(2)11-7-5-10(6-8-11)13-9-12(15-3)16-4/h5-8,12-13H,9H2,1-4H3. The van der Waals surface area contributed by atoms with Crippen LogP contribution in [0.4, 0.5) is 11.4 Å². The van der Waals surface area contributed by atoms with Crippen molar-refractivity contribution in [2.24, 2.45) is 0 Å². The molecule has 0 spiro atoms. The molecule has 0 aliphatic rings. The van der Waals surface area contributed by atoms with E-state index in [0.717, 1.165) is 5.69 Å². The minimum atomic E-state index is -0.214. The van der Waals surface area contributed by atoms with Crippen molar-refractivity contribution in [3.63, 3.8) is 0 Å². The van der Waals surface area contributed by atoms with E-state index in [4.69, 9.17) is 9.47 Å². The molecule has 0 heterocycles. The summed E-state index contributed by atoms with van der Waals surface area (Å²) < 4.78 is 10.2. The Balaban J connectivity index is 2.49. The Morgan fingerprint density at radius 2 is 1.69 bits per heavy atom. The molecule has 0 saturated carbocycles. The van der Waals surface area contributed by atoms with Gasteiger partial charge in [-0.1, -0.05) is 0 Å². The highest BCUT2D eigenvalue weighted by Gasteiger charge is 2.03. The minimum absolute atomic E-state index is 0.214. The summed E-state index contributed by atoms with van der Waals surface area (Å²) in [6, 6.07) is 8.21. The second-order valence-electron chi connectivity index (χ2n) is 3.72. The maximum absolute atomic E-state index is 5.09. The first kappa shape index (κ1) is 12.8. The van der Waals surface area contributed by atoms with E-state index in [2.05, 4.69) is 22.3 Å². The number of rotatable bonds is 6. The minimum Gasteiger partial charge on any atom is -0.380 e. The van der Waals surface area contributed by atoms with E-state index in [1.165, 1.54) is 5.69 Å². The Morgan fingerprint density at radius 1 is 1.12 bits per heavy atom. The summed E-state index contributed by atoms with van der Waals surface area (Å²) in [7, 11) is 7.30. The zero-order valence-corrected chi connectivity index (χ0v) is 10.4. The van der Waals surface area contributed by atoms with Gasteiger partial charge >= 0.3 is 0 Å². The first-order chi connectivity index (χ1) is 7.67. The number of hydrogen-bond donors (Lipinski definition) is 1. The molecule has 0 unspecified atom stereocenters. The lowest BCUT2D eigenvalue weighted by Gasteiger charge is -2.16. The topological polar surface area (TPSA) is 33.7 Å². The molecule has 0 atom stereocenters. The van der Waals surface area contributed by atoms with Gasteiger partial charge in [0.1, 0.15) is 0 Å². The van der Waals surface area contributed by atoms with E-state index in [0.29, 0.717) is 6.54 Å². The Kier molecular flexibility index (Phi) is 5.08. The summed E-state index contributed by atoms with van der Waals surface area (Å²) in [5.74, 6) is 0. The van der Waals surface area contributed by atoms with Crippen molar-refractivity contribution in [3.8, 4) is 0 Å². The summed E-state index contributed by atoms with van der Waals surface area (Å²) in [6.07, 6.45) is -0.214. The average Bonchev–Trinajstić information content (AvgIpc) is 2.31. The van der Waals surface area contributed by atoms with Crippen molar-refractivity contribution >= 4 is 11.4 Å². The fraction of sp³-hybridized carbons (Fsp3) is 0.500. The third kappa shape index (κ3) is 3.72. The van der Waals surface area contributed by atoms with Crippen LogP contribution in [0.5, 0.6) is 0 Å². The first-order valence-electron chi connectivity index (χ1n) is 5.24. The molecular formula is C12H20N2O2.